The zero-order valence-corrected chi connectivity index (χ0v) is 11.8. The van der Waals surface area contributed by atoms with Crippen molar-refractivity contribution in [2.24, 2.45) is 0 Å². The van der Waals surface area contributed by atoms with Gasteiger partial charge in [0.25, 0.3) is 0 Å². The van der Waals surface area contributed by atoms with Gasteiger partial charge >= 0.3 is 0 Å². The van der Waals surface area contributed by atoms with E-state index in [0.29, 0.717) is 19.4 Å². The lowest BCUT2D eigenvalue weighted by atomic mass is 10.2. The Bertz CT molecular complexity index is 496. The van der Waals surface area contributed by atoms with Crippen molar-refractivity contribution in [2.45, 2.75) is 19.3 Å². The highest BCUT2D eigenvalue weighted by Crippen LogP contribution is 2.00. The molecule has 0 aliphatic carbocycles. The van der Waals surface area contributed by atoms with Crippen LogP contribution >= 0.6 is 0 Å². The maximum absolute atomic E-state index is 11.5. The van der Waals surface area contributed by atoms with Gasteiger partial charge in [0.15, 0.2) is 0 Å². The molecule has 0 spiro atoms. The predicted molar refractivity (Wildman–Crippen MR) is 81.4 cm³/mol. The summed E-state index contributed by atoms with van der Waals surface area (Å²) in [6.07, 6.45) is 8.42. The number of hydroxylamine groups is 1. The maximum atomic E-state index is 11.5. The van der Waals surface area contributed by atoms with Crippen LogP contribution < -0.4 is 10.8 Å². The number of hydrogen-bond donors (Lipinski definition) is 3. The van der Waals surface area contributed by atoms with Crippen LogP contribution in [0.1, 0.15) is 24.8 Å². The first kappa shape index (κ1) is 16.7. The number of nitrogens with one attached hydrogen (secondary N) is 2. The van der Waals surface area contributed by atoms with Crippen molar-refractivity contribution in [1.29, 1.82) is 0 Å². The summed E-state index contributed by atoms with van der Waals surface area (Å²) >= 11 is 0. The predicted octanol–water partition coefficient (Wildman–Crippen LogP) is 2.05. The van der Waals surface area contributed by atoms with E-state index in [1.807, 2.05) is 36.4 Å². The summed E-state index contributed by atoms with van der Waals surface area (Å²) in [5.41, 5.74) is 2.64. The second-order valence-electron chi connectivity index (χ2n) is 4.41. The fraction of sp³-hybridized carbons (Fsp3) is 0.250. The van der Waals surface area contributed by atoms with E-state index in [2.05, 4.69) is 5.32 Å². The molecule has 112 valence electrons. The molecule has 0 fully saturated rings. The van der Waals surface area contributed by atoms with E-state index in [4.69, 9.17) is 5.21 Å². The van der Waals surface area contributed by atoms with Crippen molar-refractivity contribution in [3.63, 3.8) is 0 Å². The molecule has 0 aliphatic heterocycles. The number of allylic oxidation sites excluding steroid dienone is 2. The Balaban J connectivity index is 2.14. The minimum Gasteiger partial charge on any atom is -0.353 e. The van der Waals surface area contributed by atoms with Crippen LogP contribution in [0.15, 0.2) is 48.6 Å². The molecule has 21 heavy (non-hydrogen) atoms. The molecular formula is C16H20N2O3. The Morgan fingerprint density at radius 2 is 1.86 bits per heavy atom. The van der Waals surface area contributed by atoms with Crippen LogP contribution in [0.4, 0.5) is 0 Å². The topological polar surface area (TPSA) is 78.4 Å². The third-order valence-electron chi connectivity index (χ3n) is 2.70. The van der Waals surface area contributed by atoms with Gasteiger partial charge in [-0.3, -0.25) is 14.8 Å². The summed E-state index contributed by atoms with van der Waals surface area (Å²) in [7, 11) is 0. The van der Waals surface area contributed by atoms with Gasteiger partial charge in [-0.15, -0.1) is 0 Å². The number of rotatable bonds is 8. The normalized spacial score (nSPS) is 10.9. The molecule has 1 aromatic rings. The van der Waals surface area contributed by atoms with E-state index in [1.165, 1.54) is 6.08 Å². The van der Waals surface area contributed by atoms with E-state index in [0.717, 1.165) is 5.56 Å². The van der Waals surface area contributed by atoms with Crippen LogP contribution in [0.5, 0.6) is 0 Å². The molecule has 0 saturated heterocycles. The van der Waals surface area contributed by atoms with Crippen molar-refractivity contribution in [3.05, 3.63) is 54.1 Å². The van der Waals surface area contributed by atoms with Gasteiger partial charge in [0, 0.05) is 19.0 Å². The van der Waals surface area contributed by atoms with Gasteiger partial charge in [0.2, 0.25) is 11.8 Å². The van der Waals surface area contributed by atoms with Crippen molar-refractivity contribution < 1.29 is 14.8 Å². The zero-order chi connectivity index (χ0) is 15.3. The van der Waals surface area contributed by atoms with Gasteiger partial charge < -0.3 is 5.32 Å². The van der Waals surface area contributed by atoms with E-state index in [1.54, 1.807) is 17.6 Å². The van der Waals surface area contributed by atoms with Crippen molar-refractivity contribution >= 4 is 17.9 Å². The van der Waals surface area contributed by atoms with Crippen molar-refractivity contribution in [3.8, 4) is 0 Å². The molecule has 2 amide bonds. The molecule has 0 unspecified atom stereocenters. The molecule has 0 aliphatic rings. The Morgan fingerprint density at radius 1 is 1.10 bits per heavy atom. The largest absolute Gasteiger partial charge is 0.353 e. The SMILES string of the molecule is O=C(C=CC=Cc1ccccc1)NCCCCC(=O)NO. The maximum Gasteiger partial charge on any atom is 0.243 e. The lowest BCUT2D eigenvalue weighted by molar-refractivity contribution is -0.129. The highest BCUT2D eigenvalue weighted by molar-refractivity contribution is 5.87. The van der Waals surface area contributed by atoms with Crippen LogP contribution in [-0.2, 0) is 9.59 Å². The van der Waals surface area contributed by atoms with Gasteiger partial charge in [0.05, 0.1) is 0 Å². The molecule has 1 rings (SSSR count). The minimum atomic E-state index is -0.410. The standard InChI is InChI=1S/C16H20N2O3/c19-15(17-13-7-6-12-16(20)18-21)11-5-4-10-14-8-2-1-3-9-14/h1-5,8-11,21H,6-7,12-13H2,(H,17,19)(H,18,20). The molecule has 0 radical (unpaired) electrons. The average molecular weight is 288 g/mol. The van der Waals surface area contributed by atoms with Gasteiger partial charge in [-0.05, 0) is 18.4 Å². The Morgan fingerprint density at radius 3 is 2.57 bits per heavy atom. The van der Waals surface area contributed by atoms with Crippen LogP contribution in [0.2, 0.25) is 0 Å². The van der Waals surface area contributed by atoms with Gasteiger partial charge in [0.1, 0.15) is 0 Å². The lowest BCUT2D eigenvalue weighted by Gasteiger charge is -2.01. The van der Waals surface area contributed by atoms with Crippen LogP contribution in [0.25, 0.3) is 6.08 Å². The summed E-state index contributed by atoms with van der Waals surface area (Å²) in [4.78, 5) is 22.2. The monoisotopic (exact) mass is 288 g/mol. The van der Waals surface area contributed by atoms with E-state index >= 15 is 0 Å². The molecule has 5 heteroatoms. The molecule has 0 aromatic heterocycles. The fourth-order valence-electron chi connectivity index (χ4n) is 1.61. The molecule has 5 nitrogen and oxygen atoms in total. The highest BCUT2D eigenvalue weighted by atomic mass is 16.5. The second-order valence-corrected chi connectivity index (χ2v) is 4.41. The summed E-state index contributed by atoms with van der Waals surface area (Å²) in [6, 6.07) is 9.81. The van der Waals surface area contributed by atoms with Crippen LogP contribution in [0.3, 0.4) is 0 Å². The number of benzene rings is 1. The number of carbonyl (C=O) groups is 2. The first-order valence-electron chi connectivity index (χ1n) is 6.83. The molecule has 0 heterocycles. The number of unbranched alkanes of at least 4 members (excludes halogenated alkanes) is 1. The van der Waals surface area contributed by atoms with E-state index in [-0.39, 0.29) is 12.3 Å². The third kappa shape index (κ3) is 8.39. The van der Waals surface area contributed by atoms with Gasteiger partial charge in [-0.25, -0.2) is 5.48 Å². The van der Waals surface area contributed by atoms with E-state index < -0.39 is 5.91 Å². The Hall–Kier alpha value is -2.40. The Kier molecular flexibility index (Phi) is 8.24. The summed E-state index contributed by atoms with van der Waals surface area (Å²) in [5.74, 6) is -0.577. The average Bonchev–Trinajstić information content (AvgIpc) is 2.52. The smallest absolute Gasteiger partial charge is 0.243 e. The fourth-order valence-corrected chi connectivity index (χ4v) is 1.61. The third-order valence-corrected chi connectivity index (χ3v) is 2.70. The quantitative estimate of drug-likeness (QED) is 0.225. The first-order chi connectivity index (χ1) is 10.2. The van der Waals surface area contributed by atoms with E-state index in [9.17, 15) is 9.59 Å². The van der Waals surface area contributed by atoms with Crippen molar-refractivity contribution in [1.82, 2.24) is 10.8 Å². The zero-order valence-electron chi connectivity index (χ0n) is 11.8. The molecule has 1 aromatic carbocycles. The second kappa shape index (κ2) is 10.4. The summed E-state index contributed by atoms with van der Waals surface area (Å²) in [6.45, 7) is 0.504. The number of carbonyl (C=O) groups excluding carboxylic acids is 2. The number of hydrogen-bond acceptors (Lipinski definition) is 3. The molecule has 0 saturated carbocycles. The summed E-state index contributed by atoms with van der Waals surface area (Å²) < 4.78 is 0. The van der Waals surface area contributed by atoms with Gasteiger partial charge in [-0.1, -0.05) is 48.6 Å². The van der Waals surface area contributed by atoms with Crippen LogP contribution in [0, 0.1) is 0 Å². The van der Waals surface area contributed by atoms with Crippen molar-refractivity contribution in [2.75, 3.05) is 6.54 Å². The number of amides is 2. The minimum absolute atomic E-state index is 0.167. The first-order valence-corrected chi connectivity index (χ1v) is 6.83. The highest BCUT2D eigenvalue weighted by Gasteiger charge is 1.98. The van der Waals surface area contributed by atoms with Gasteiger partial charge in [-0.2, -0.15) is 0 Å². The molecule has 0 atom stereocenters. The van der Waals surface area contributed by atoms with Crippen LogP contribution in [-0.4, -0.2) is 23.6 Å². The molecule has 0 bridgehead atoms. The lowest BCUT2D eigenvalue weighted by Crippen LogP contribution is -2.23. The molecule has 3 N–H and O–H groups in total. The summed E-state index contributed by atoms with van der Waals surface area (Å²) in [5, 5.41) is 11.0. The molecular weight excluding hydrogens is 268 g/mol. The Labute approximate surface area is 124 Å².